The normalized spacial score (nSPS) is 11.4. The summed E-state index contributed by atoms with van der Waals surface area (Å²) < 4.78 is 16.9. The van der Waals surface area contributed by atoms with Crippen LogP contribution >= 0.6 is 0 Å². The quantitative estimate of drug-likeness (QED) is 0.468. The maximum Gasteiger partial charge on any atom is 0.226 e. The van der Waals surface area contributed by atoms with Crippen molar-refractivity contribution < 1.29 is 9.18 Å². The van der Waals surface area contributed by atoms with Gasteiger partial charge >= 0.3 is 0 Å². The van der Waals surface area contributed by atoms with E-state index in [1.165, 1.54) is 11.0 Å². The molecule has 4 aromatic rings. The van der Waals surface area contributed by atoms with Crippen molar-refractivity contribution in [1.29, 1.82) is 0 Å². The van der Waals surface area contributed by atoms with E-state index in [9.17, 15) is 4.79 Å². The van der Waals surface area contributed by atoms with Crippen molar-refractivity contribution in [2.24, 2.45) is 0 Å². The molecule has 166 valence electrons. The van der Waals surface area contributed by atoms with Crippen molar-refractivity contribution in [3.8, 4) is 0 Å². The number of aryl methyl sites for hydroxylation is 1. The van der Waals surface area contributed by atoms with Gasteiger partial charge in [-0.3, -0.25) is 9.20 Å². The maximum absolute atomic E-state index is 15.0. The van der Waals surface area contributed by atoms with Crippen molar-refractivity contribution in [2.45, 2.75) is 19.8 Å². The first kappa shape index (κ1) is 21.7. The Morgan fingerprint density at radius 2 is 1.94 bits per heavy atom. The van der Waals surface area contributed by atoms with E-state index in [1.807, 2.05) is 54.6 Å². The second kappa shape index (κ2) is 8.92. The van der Waals surface area contributed by atoms with E-state index in [4.69, 9.17) is 0 Å². The fourth-order valence-corrected chi connectivity index (χ4v) is 3.70. The van der Waals surface area contributed by atoms with Crippen LogP contribution < -0.4 is 10.2 Å². The summed E-state index contributed by atoms with van der Waals surface area (Å²) in [4.78, 5) is 25.0. The monoisotopic (exact) mass is 434 g/mol. The Hall–Kier alpha value is -3.52. The highest BCUT2D eigenvalue weighted by Gasteiger charge is 2.18. The third-order valence-corrected chi connectivity index (χ3v) is 5.55. The van der Waals surface area contributed by atoms with Crippen LogP contribution in [-0.4, -0.2) is 52.9 Å². The second-order valence-corrected chi connectivity index (χ2v) is 8.20. The minimum Gasteiger partial charge on any atom is -0.338 e. The van der Waals surface area contributed by atoms with Gasteiger partial charge in [0.2, 0.25) is 5.91 Å². The zero-order valence-electron chi connectivity index (χ0n) is 18.8. The Kier molecular flexibility index (Phi) is 6.05. The van der Waals surface area contributed by atoms with Crippen molar-refractivity contribution in [1.82, 2.24) is 19.3 Å². The number of hydrogen-bond donors (Lipinski definition) is 1. The second-order valence-electron chi connectivity index (χ2n) is 8.20. The third kappa shape index (κ3) is 4.27. The molecule has 1 amide bonds. The lowest BCUT2D eigenvalue weighted by Crippen LogP contribution is -2.28. The largest absolute Gasteiger partial charge is 0.338 e. The Morgan fingerprint density at radius 3 is 2.69 bits per heavy atom. The molecule has 1 N–H and O–H groups in total. The smallest absolute Gasteiger partial charge is 0.226 e. The molecule has 2 heterocycles. The predicted molar refractivity (Wildman–Crippen MR) is 126 cm³/mol. The molecule has 2 aromatic heterocycles. The van der Waals surface area contributed by atoms with Crippen LogP contribution in [0.4, 0.5) is 21.6 Å². The Balaban J connectivity index is 1.72. The lowest BCUT2D eigenvalue weighted by atomic mass is 10.2. The number of imidazole rings is 1. The van der Waals surface area contributed by atoms with Gasteiger partial charge < -0.3 is 15.1 Å². The Morgan fingerprint density at radius 1 is 1.16 bits per heavy atom. The number of benzene rings is 2. The summed E-state index contributed by atoms with van der Waals surface area (Å²) in [6, 6.07) is 10.9. The minimum atomic E-state index is -0.491. The molecule has 7 nitrogen and oxygen atoms in total. The van der Waals surface area contributed by atoms with Crippen LogP contribution in [0.3, 0.4) is 0 Å². The van der Waals surface area contributed by atoms with Gasteiger partial charge in [-0.1, -0.05) is 18.2 Å². The zero-order valence-corrected chi connectivity index (χ0v) is 18.8. The van der Waals surface area contributed by atoms with E-state index >= 15 is 4.39 Å². The number of carbonyl (C=O) groups excluding carboxylic acids is 1. The number of halogens is 1. The minimum absolute atomic E-state index is 0.127. The van der Waals surface area contributed by atoms with Crippen LogP contribution in [0.5, 0.6) is 0 Å². The molecule has 0 saturated carbocycles. The first-order chi connectivity index (χ1) is 15.3. The van der Waals surface area contributed by atoms with Crippen LogP contribution in [0.15, 0.2) is 48.9 Å². The topological polar surface area (TPSA) is 65.8 Å². The highest BCUT2D eigenvalue weighted by atomic mass is 19.1. The van der Waals surface area contributed by atoms with Gasteiger partial charge in [0.05, 0.1) is 29.2 Å². The van der Waals surface area contributed by atoms with Gasteiger partial charge in [-0.25, -0.2) is 14.4 Å². The van der Waals surface area contributed by atoms with E-state index in [1.54, 1.807) is 25.6 Å². The lowest BCUT2D eigenvalue weighted by molar-refractivity contribution is -0.118. The van der Waals surface area contributed by atoms with Gasteiger partial charge in [0.15, 0.2) is 5.82 Å². The summed E-state index contributed by atoms with van der Waals surface area (Å²) >= 11 is 0. The molecular weight excluding hydrogens is 407 g/mol. The molecule has 0 fully saturated rings. The van der Waals surface area contributed by atoms with Crippen molar-refractivity contribution in [3.05, 3.63) is 60.3 Å². The molecule has 0 aliphatic carbocycles. The molecule has 0 atom stereocenters. The Labute approximate surface area is 186 Å². The molecular formula is C24H27FN6O. The standard InChI is InChI=1S/C24H27FN6O/c1-16-8-5-6-9-18(16)27-24-22-14-26-15-31(22)21-13-20(17(25)12-19(21)28-24)30(4)23(32)10-7-11-29(2)3/h5-6,8-9,12-15H,7,10-11H2,1-4H3,(H,27,28). The molecule has 32 heavy (non-hydrogen) atoms. The van der Waals surface area contributed by atoms with Gasteiger partial charge in [-0.2, -0.15) is 0 Å². The van der Waals surface area contributed by atoms with Gasteiger partial charge in [0.25, 0.3) is 0 Å². The average molecular weight is 435 g/mol. The number of carbonyl (C=O) groups is 1. The van der Waals surface area contributed by atoms with E-state index < -0.39 is 5.82 Å². The number of nitrogens with one attached hydrogen (secondary N) is 1. The van der Waals surface area contributed by atoms with Crippen molar-refractivity contribution in [2.75, 3.05) is 37.9 Å². The molecule has 0 spiro atoms. The van der Waals surface area contributed by atoms with Crippen LogP contribution in [-0.2, 0) is 4.79 Å². The predicted octanol–water partition coefficient (Wildman–Crippen LogP) is 4.38. The van der Waals surface area contributed by atoms with Gasteiger partial charge in [0.1, 0.15) is 11.3 Å². The summed E-state index contributed by atoms with van der Waals surface area (Å²) in [6.45, 7) is 2.81. The van der Waals surface area contributed by atoms with E-state index in [0.717, 1.165) is 23.3 Å². The SMILES string of the molecule is Cc1ccccc1Nc1nc2cc(F)c(N(C)C(=O)CCCN(C)C)cc2n2cncc12. The summed E-state index contributed by atoms with van der Waals surface area (Å²) in [6.07, 6.45) is 4.45. The number of anilines is 3. The van der Waals surface area contributed by atoms with Crippen molar-refractivity contribution >= 4 is 39.6 Å². The van der Waals surface area contributed by atoms with Crippen LogP contribution in [0, 0.1) is 12.7 Å². The fraction of sp³-hybridized carbons (Fsp3) is 0.292. The summed E-state index contributed by atoms with van der Waals surface area (Å²) in [5.74, 6) is -0.0305. The lowest BCUT2D eigenvalue weighted by Gasteiger charge is -2.20. The highest BCUT2D eigenvalue weighted by Crippen LogP contribution is 2.30. The molecule has 4 rings (SSSR count). The number of aromatic nitrogens is 3. The van der Waals surface area contributed by atoms with Crippen LogP contribution in [0.2, 0.25) is 0 Å². The molecule has 8 heteroatoms. The van der Waals surface area contributed by atoms with E-state index in [-0.39, 0.29) is 11.6 Å². The number of fused-ring (bicyclic) bond motifs is 3. The zero-order chi connectivity index (χ0) is 22.8. The number of para-hydroxylation sites is 1. The fourth-order valence-electron chi connectivity index (χ4n) is 3.70. The molecule has 0 radical (unpaired) electrons. The molecule has 0 aliphatic rings. The van der Waals surface area contributed by atoms with E-state index in [2.05, 4.69) is 15.3 Å². The van der Waals surface area contributed by atoms with Crippen LogP contribution in [0.25, 0.3) is 16.6 Å². The summed E-state index contributed by atoms with van der Waals surface area (Å²) in [7, 11) is 5.53. The van der Waals surface area contributed by atoms with Gasteiger partial charge in [-0.15, -0.1) is 0 Å². The number of amides is 1. The molecule has 2 aromatic carbocycles. The molecule has 0 saturated heterocycles. The Bertz CT molecular complexity index is 1280. The first-order valence-corrected chi connectivity index (χ1v) is 10.5. The first-order valence-electron chi connectivity index (χ1n) is 10.5. The molecule has 0 bridgehead atoms. The third-order valence-electron chi connectivity index (χ3n) is 5.55. The number of hydrogen-bond acceptors (Lipinski definition) is 5. The molecule has 0 unspecified atom stereocenters. The van der Waals surface area contributed by atoms with Gasteiger partial charge in [0, 0.05) is 25.2 Å². The average Bonchev–Trinajstić information content (AvgIpc) is 3.24. The summed E-state index contributed by atoms with van der Waals surface area (Å²) in [5.41, 5.74) is 4.13. The number of nitrogens with zero attached hydrogens (tertiary/aromatic N) is 5. The van der Waals surface area contributed by atoms with Gasteiger partial charge in [-0.05, 0) is 51.7 Å². The van der Waals surface area contributed by atoms with Crippen molar-refractivity contribution in [3.63, 3.8) is 0 Å². The number of rotatable bonds is 7. The maximum atomic E-state index is 15.0. The molecule has 0 aliphatic heterocycles. The summed E-state index contributed by atoms with van der Waals surface area (Å²) in [5, 5.41) is 3.34. The van der Waals surface area contributed by atoms with Crippen LogP contribution in [0.1, 0.15) is 18.4 Å². The highest BCUT2D eigenvalue weighted by molar-refractivity contribution is 5.96. The van der Waals surface area contributed by atoms with E-state index in [0.29, 0.717) is 29.7 Å².